The number of ether oxygens (including phenoxy) is 1. The summed E-state index contributed by atoms with van der Waals surface area (Å²) in [5.74, 6) is 1.11. The molecule has 8 heteroatoms. The van der Waals surface area contributed by atoms with Gasteiger partial charge < -0.3 is 15.0 Å². The molecular formula is C12H16N4O3S. The highest BCUT2D eigenvalue weighted by atomic mass is 32.2. The standard InChI is InChI=1S/C12H16N4O3S/c1-8-14-12(7-16(8)2)20(17,18)15-11-6-9(19-3)4-5-10(11)13/h4-7,15H,13H2,1-3H3. The van der Waals surface area contributed by atoms with Crippen LogP contribution < -0.4 is 15.2 Å². The number of hydrogen-bond acceptors (Lipinski definition) is 5. The number of anilines is 2. The lowest BCUT2D eigenvalue weighted by Crippen LogP contribution is -2.14. The van der Waals surface area contributed by atoms with Crippen LogP contribution in [-0.2, 0) is 17.1 Å². The summed E-state index contributed by atoms with van der Waals surface area (Å²) in [6.07, 6.45) is 1.44. The molecule has 7 nitrogen and oxygen atoms in total. The Morgan fingerprint density at radius 3 is 2.65 bits per heavy atom. The van der Waals surface area contributed by atoms with E-state index in [1.54, 1.807) is 30.7 Å². The van der Waals surface area contributed by atoms with Crippen LogP contribution in [0.3, 0.4) is 0 Å². The normalized spacial score (nSPS) is 11.3. The maximum atomic E-state index is 12.2. The van der Waals surface area contributed by atoms with Gasteiger partial charge in [-0.05, 0) is 19.1 Å². The van der Waals surface area contributed by atoms with Crippen LogP contribution in [0.4, 0.5) is 11.4 Å². The topological polar surface area (TPSA) is 99.2 Å². The molecule has 0 saturated heterocycles. The van der Waals surface area contributed by atoms with E-state index in [-0.39, 0.29) is 10.7 Å². The lowest BCUT2D eigenvalue weighted by atomic mass is 10.2. The minimum atomic E-state index is -3.78. The SMILES string of the molecule is COc1ccc(N)c(NS(=O)(=O)c2cn(C)c(C)n2)c1. The molecule has 0 aliphatic rings. The predicted molar refractivity (Wildman–Crippen MR) is 76.2 cm³/mol. The fourth-order valence-corrected chi connectivity index (χ4v) is 2.72. The average Bonchev–Trinajstić information content (AvgIpc) is 2.73. The number of methoxy groups -OCH3 is 1. The molecule has 0 aliphatic heterocycles. The van der Waals surface area contributed by atoms with Gasteiger partial charge >= 0.3 is 0 Å². The van der Waals surface area contributed by atoms with E-state index in [0.717, 1.165) is 0 Å². The molecule has 0 spiro atoms. The van der Waals surface area contributed by atoms with E-state index in [2.05, 4.69) is 9.71 Å². The van der Waals surface area contributed by atoms with E-state index in [9.17, 15) is 8.42 Å². The van der Waals surface area contributed by atoms with Gasteiger partial charge in [0.2, 0.25) is 0 Å². The van der Waals surface area contributed by atoms with Crippen LogP contribution in [0.5, 0.6) is 5.75 Å². The van der Waals surface area contributed by atoms with Crippen molar-refractivity contribution in [2.75, 3.05) is 17.6 Å². The maximum absolute atomic E-state index is 12.2. The first kappa shape index (κ1) is 14.2. The predicted octanol–water partition coefficient (Wildman–Crippen LogP) is 1.12. The number of aryl methyl sites for hydroxylation is 2. The van der Waals surface area contributed by atoms with Crippen molar-refractivity contribution in [1.82, 2.24) is 9.55 Å². The number of nitrogens with two attached hydrogens (primary N) is 1. The van der Waals surface area contributed by atoms with E-state index in [1.165, 1.54) is 19.4 Å². The first-order valence-electron chi connectivity index (χ1n) is 5.80. The molecule has 1 aromatic heterocycles. The van der Waals surface area contributed by atoms with Gasteiger partial charge in [-0.3, -0.25) is 4.72 Å². The van der Waals surface area contributed by atoms with Crippen molar-refractivity contribution in [3.8, 4) is 5.75 Å². The highest BCUT2D eigenvalue weighted by Gasteiger charge is 2.19. The van der Waals surface area contributed by atoms with Crippen LogP contribution in [0.1, 0.15) is 5.82 Å². The minimum absolute atomic E-state index is 0.0558. The summed E-state index contributed by atoms with van der Waals surface area (Å²) in [6.45, 7) is 1.72. The Kier molecular flexibility index (Phi) is 3.58. The summed E-state index contributed by atoms with van der Waals surface area (Å²) < 4.78 is 33.6. The first-order valence-corrected chi connectivity index (χ1v) is 7.28. The smallest absolute Gasteiger partial charge is 0.281 e. The van der Waals surface area contributed by atoms with E-state index in [4.69, 9.17) is 10.5 Å². The molecule has 108 valence electrons. The molecule has 2 rings (SSSR count). The van der Waals surface area contributed by atoms with E-state index >= 15 is 0 Å². The van der Waals surface area contributed by atoms with Gasteiger partial charge in [0.25, 0.3) is 10.0 Å². The fraction of sp³-hybridized carbons (Fsp3) is 0.250. The quantitative estimate of drug-likeness (QED) is 0.824. The highest BCUT2D eigenvalue weighted by Crippen LogP contribution is 2.26. The molecule has 0 saturated carbocycles. The third-order valence-electron chi connectivity index (χ3n) is 2.87. The second-order valence-corrected chi connectivity index (χ2v) is 5.93. The lowest BCUT2D eigenvalue weighted by Gasteiger charge is -2.10. The summed E-state index contributed by atoms with van der Waals surface area (Å²) >= 11 is 0. The molecule has 0 bridgehead atoms. The van der Waals surface area contributed by atoms with Crippen molar-refractivity contribution in [2.24, 2.45) is 7.05 Å². The van der Waals surface area contributed by atoms with Crippen LogP contribution in [0, 0.1) is 6.92 Å². The van der Waals surface area contributed by atoms with Crippen LogP contribution in [0.2, 0.25) is 0 Å². The van der Waals surface area contributed by atoms with Crippen molar-refractivity contribution >= 4 is 21.4 Å². The Labute approximate surface area is 117 Å². The minimum Gasteiger partial charge on any atom is -0.497 e. The van der Waals surface area contributed by atoms with Gasteiger partial charge in [0.15, 0.2) is 5.03 Å². The monoisotopic (exact) mass is 296 g/mol. The largest absolute Gasteiger partial charge is 0.497 e. The number of sulfonamides is 1. The Morgan fingerprint density at radius 1 is 1.40 bits per heavy atom. The number of aromatic nitrogens is 2. The summed E-state index contributed by atoms with van der Waals surface area (Å²) in [5, 5.41) is -0.0558. The Hall–Kier alpha value is -2.22. The molecule has 1 heterocycles. The molecular weight excluding hydrogens is 280 g/mol. The van der Waals surface area contributed by atoms with Crippen LogP contribution >= 0.6 is 0 Å². The molecule has 1 aromatic carbocycles. The second-order valence-electron chi connectivity index (χ2n) is 4.30. The van der Waals surface area contributed by atoms with Crippen molar-refractivity contribution in [3.05, 3.63) is 30.2 Å². The Morgan fingerprint density at radius 2 is 2.10 bits per heavy atom. The van der Waals surface area contributed by atoms with Crippen molar-refractivity contribution in [3.63, 3.8) is 0 Å². The zero-order valence-corrected chi connectivity index (χ0v) is 12.2. The van der Waals surface area contributed by atoms with Gasteiger partial charge in [0.1, 0.15) is 11.6 Å². The van der Waals surface area contributed by atoms with Crippen molar-refractivity contribution < 1.29 is 13.2 Å². The first-order chi connectivity index (χ1) is 9.33. The summed E-state index contributed by atoms with van der Waals surface area (Å²) in [7, 11) is -0.565. The molecule has 0 amide bonds. The number of rotatable bonds is 4. The van der Waals surface area contributed by atoms with E-state index in [0.29, 0.717) is 17.3 Å². The van der Waals surface area contributed by atoms with E-state index < -0.39 is 10.0 Å². The number of imidazole rings is 1. The number of nitrogens with one attached hydrogen (secondary N) is 1. The Balaban J connectivity index is 2.37. The molecule has 0 atom stereocenters. The lowest BCUT2D eigenvalue weighted by molar-refractivity contribution is 0.415. The van der Waals surface area contributed by atoms with Gasteiger partial charge in [-0.15, -0.1) is 0 Å². The van der Waals surface area contributed by atoms with Gasteiger partial charge in [0.05, 0.1) is 18.5 Å². The van der Waals surface area contributed by atoms with Gasteiger partial charge in [0, 0.05) is 19.3 Å². The molecule has 20 heavy (non-hydrogen) atoms. The molecule has 0 aliphatic carbocycles. The molecule has 0 fully saturated rings. The Bertz CT molecular complexity index is 718. The average molecular weight is 296 g/mol. The summed E-state index contributed by atoms with van der Waals surface area (Å²) in [6, 6.07) is 4.74. The number of nitrogens with zero attached hydrogens (tertiary/aromatic N) is 2. The fourth-order valence-electron chi connectivity index (χ4n) is 1.60. The second kappa shape index (κ2) is 5.04. The van der Waals surface area contributed by atoms with Crippen LogP contribution in [0.15, 0.2) is 29.4 Å². The zero-order valence-electron chi connectivity index (χ0n) is 11.4. The maximum Gasteiger partial charge on any atom is 0.281 e. The zero-order chi connectivity index (χ0) is 14.9. The van der Waals surface area contributed by atoms with Gasteiger partial charge in [-0.2, -0.15) is 8.42 Å². The molecule has 3 N–H and O–H groups in total. The van der Waals surface area contributed by atoms with Crippen LogP contribution in [0.25, 0.3) is 0 Å². The number of benzene rings is 1. The summed E-state index contributed by atoms with van der Waals surface area (Å²) in [4.78, 5) is 3.99. The molecule has 0 unspecified atom stereocenters. The van der Waals surface area contributed by atoms with E-state index in [1.807, 2.05) is 0 Å². The number of nitrogen functional groups attached to an aromatic ring is 1. The highest BCUT2D eigenvalue weighted by molar-refractivity contribution is 7.92. The van der Waals surface area contributed by atoms with Crippen molar-refractivity contribution in [1.29, 1.82) is 0 Å². The van der Waals surface area contributed by atoms with Crippen LogP contribution in [-0.4, -0.2) is 25.1 Å². The summed E-state index contributed by atoms with van der Waals surface area (Å²) in [5.41, 5.74) is 6.32. The third kappa shape index (κ3) is 2.69. The van der Waals surface area contributed by atoms with Gasteiger partial charge in [-0.1, -0.05) is 0 Å². The molecule has 0 radical (unpaired) electrons. The molecule has 2 aromatic rings. The third-order valence-corrected chi connectivity index (χ3v) is 4.10. The number of hydrogen-bond donors (Lipinski definition) is 2. The van der Waals surface area contributed by atoms with Crippen molar-refractivity contribution in [2.45, 2.75) is 11.9 Å². The van der Waals surface area contributed by atoms with Gasteiger partial charge in [-0.25, -0.2) is 4.98 Å².